The predicted octanol–water partition coefficient (Wildman–Crippen LogP) is 0.536. The van der Waals surface area contributed by atoms with Gasteiger partial charge in [-0.15, -0.1) is 0 Å². The Labute approximate surface area is 81.3 Å². The quantitative estimate of drug-likeness (QED) is 0.689. The minimum absolute atomic E-state index is 0.180. The zero-order valence-electron chi connectivity index (χ0n) is 8.29. The molecule has 2 N–H and O–H groups in total. The lowest BCUT2D eigenvalue weighted by Gasteiger charge is -2.01. The molecule has 1 heterocycles. The van der Waals surface area contributed by atoms with Crippen LogP contribution >= 0.6 is 0 Å². The second kappa shape index (κ2) is 4.40. The fourth-order valence-corrected chi connectivity index (χ4v) is 0.743. The first-order valence-electron chi connectivity index (χ1n) is 4.09. The number of hydrogen-bond donors (Lipinski definition) is 2. The molecule has 0 fully saturated rings. The van der Waals surface area contributed by atoms with Crippen LogP contribution in [0.2, 0.25) is 0 Å². The van der Waals surface area contributed by atoms with E-state index in [1.165, 1.54) is 0 Å². The summed E-state index contributed by atoms with van der Waals surface area (Å²) >= 11 is 0. The molecule has 0 saturated carbocycles. The van der Waals surface area contributed by atoms with Crippen molar-refractivity contribution in [1.82, 2.24) is 21.2 Å². The molecule has 0 unspecified atom stereocenters. The normalized spacial score (nSPS) is 9.36. The van der Waals surface area contributed by atoms with E-state index in [4.69, 9.17) is 0 Å². The Hall–Kier alpha value is -1.85. The van der Waals surface area contributed by atoms with Gasteiger partial charge in [-0.1, -0.05) is 10.7 Å². The highest BCUT2D eigenvalue weighted by Gasteiger charge is 2.13. The molecule has 14 heavy (non-hydrogen) atoms. The van der Waals surface area contributed by atoms with E-state index in [0.29, 0.717) is 5.69 Å². The number of aryl methyl sites for hydroxylation is 1. The van der Waals surface area contributed by atoms with Crippen LogP contribution in [0.25, 0.3) is 0 Å². The first-order valence-corrected chi connectivity index (χ1v) is 4.09. The molecule has 0 aliphatic heterocycles. The van der Waals surface area contributed by atoms with Crippen molar-refractivity contribution in [3.8, 4) is 0 Å². The van der Waals surface area contributed by atoms with Gasteiger partial charge in [0, 0.05) is 6.20 Å². The third-order valence-electron chi connectivity index (χ3n) is 1.41. The van der Waals surface area contributed by atoms with Crippen molar-refractivity contribution >= 4 is 5.91 Å². The highest BCUT2D eigenvalue weighted by atomic mass is 16.6. The molecule has 0 radical (unpaired) electrons. The summed E-state index contributed by atoms with van der Waals surface area (Å²) in [6.45, 7) is 5.45. The Balaban J connectivity index is 2.52. The number of carbonyl (C=O) groups excluding carboxylic acids is 1. The van der Waals surface area contributed by atoms with Crippen molar-refractivity contribution in [2.75, 3.05) is 0 Å². The summed E-state index contributed by atoms with van der Waals surface area (Å²) in [7, 11) is 0. The molecule has 1 rings (SSSR count). The van der Waals surface area contributed by atoms with E-state index >= 15 is 0 Å². The summed E-state index contributed by atoms with van der Waals surface area (Å²) in [5, 5.41) is 6.95. The summed E-state index contributed by atoms with van der Waals surface area (Å²) in [6.07, 6.45) is 1.67. The molecule has 6 heteroatoms. The maximum atomic E-state index is 11.3. The number of nitrogens with zero attached hydrogens (tertiary/aromatic N) is 2. The molecule has 76 valence electrons. The Bertz CT molecular complexity index is 352. The van der Waals surface area contributed by atoms with Gasteiger partial charge in [0.05, 0.1) is 0 Å². The van der Waals surface area contributed by atoms with Gasteiger partial charge in [-0.3, -0.25) is 10.2 Å². The molecule has 6 nitrogen and oxygen atoms in total. The number of allylic oxidation sites excluding steroid dienone is 1. The lowest BCUT2D eigenvalue weighted by Crippen LogP contribution is -2.34. The molecule has 1 aromatic heterocycles. The van der Waals surface area contributed by atoms with Crippen LogP contribution in [0.4, 0.5) is 0 Å². The monoisotopic (exact) mass is 196 g/mol. The lowest BCUT2D eigenvalue weighted by atomic mass is 10.3. The molecule has 1 amide bonds. The molecule has 0 spiro atoms. The Morgan fingerprint density at radius 2 is 2.14 bits per heavy atom. The van der Waals surface area contributed by atoms with Crippen LogP contribution in [-0.4, -0.2) is 16.2 Å². The van der Waals surface area contributed by atoms with Crippen LogP contribution in [0.15, 0.2) is 16.4 Å². The molecule has 0 atom stereocenters. The maximum Gasteiger partial charge on any atom is 0.293 e. The second-order valence-electron chi connectivity index (χ2n) is 3.02. The number of amides is 1. The fraction of sp³-hybridized carbons (Fsp3) is 0.375. The number of nitrogens with one attached hydrogen (secondary N) is 2. The molecule has 0 aromatic carbocycles. The van der Waals surface area contributed by atoms with E-state index in [9.17, 15) is 4.79 Å². The van der Waals surface area contributed by atoms with E-state index < -0.39 is 0 Å². The van der Waals surface area contributed by atoms with Gasteiger partial charge in [0.25, 0.3) is 5.91 Å². The molecule has 0 bridgehead atoms. The SMILES string of the molecule is CC(C)=CNNC(=O)c1nonc1C. The van der Waals surface area contributed by atoms with Crippen molar-refractivity contribution in [1.29, 1.82) is 0 Å². The first-order chi connectivity index (χ1) is 6.61. The maximum absolute atomic E-state index is 11.3. The number of hydrazine groups is 1. The van der Waals surface area contributed by atoms with Gasteiger partial charge in [-0.05, 0) is 25.9 Å². The van der Waals surface area contributed by atoms with E-state index in [1.54, 1.807) is 13.1 Å². The van der Waals surface area contributed by atoms with Crippen LogP contribution in [0, 0.1) is 6.92 Å². The van der Waals surface area contributed by atoms with Gasteiger partial charge in [-0.25, -0.2) is 4.63 Å². The molecule has 0 aliphatic rings. The van der Waals surface area contributed by atoms with Gasteiger partial charge >= 0.3 is 0 Å². The van der Waals surface area contributed by atoms with E-state index in [-0.39, 0.29) is 11.6 Å². The average molecular weight is 196 g/mol. The zero-order chi connectivity index (χ0) is 10.6. The number of hydrogen-bond acceptors (Lipinski definition) is 5. The smallest absolute Gasteiger partial charge is 0.293 e. The van der Waals surface area contributed by atoms with Crippen molar-refractivity contribution in [2.45, 2.75) is 20.8 Å². The Morgan fingerprint density at radius 1 is 1.43 bits per heavy atom. The highest BCUT2D eigenvalue weighted by Crippen LogP contribution is 1.98. The second-order valence-corrected chi connectivity index (χ2v) is 3.02. The minimum Gasteiger partial charge on any atom is -0.306 e. The number of carbonyl (C=O) groups is 1. The third-order valence-corrected chi connectivity index (χ3v) is 1.41. The van der Waals surface area contributed by atoms with Gasteiger partial charge in [-0.2, -0.15) is 0 Å². The molecule has 0 aliphatic carbocycles. The van der Waals surface area contributed by atoms with Crippen LogP contribution in [0.1, 0.15) is 30.0 Å². The summed E-state index contributed by atoms with van der Waals surface area (Å²) in [5.41, 5.74) is 6.74. The highest BCUT2D eigenvalue weighted by molar-refractivity contribution is 5.92. The van der Waals surface area contributed by atoms with Crippen molar-refractivity contribution in [3.05, 3.63) is 23.2 Å². The zero-order valence-corrected chi connectivity index (χ0v) is 8.29. The Kier molecular flexibility index (Phi) is 3.22. The van der Waals surface area contributed by atoms with Gasteiger partial charge in [0.1, 0.15) is 5.69 Å². The van der Waals surface area contributed by atoms with Gasteiger partial charge in [0.15, 0.2) is 5.69 Å². The topological polar surface area (TPSA) is 80.0 Å². The fourth-order valence-electron chi connectivity index (χ4n) is 0.743. The average Bonchev–Trinajstić information content (AvgIpc) is 2.50. The van der Waals surface area contributed by atoms with Crippen molar-refractivity contribution < 1.29 is 9.42 Å². The van der Waals surface area contributed by atoms with Gasteiger partial charge < -0.3 is 5.43 Å². The lowest BCUT2D eigenvalue weighted by molar-refractivity contribution is 0.0930. The summed E-state index contributed by atoms with van der Waals surface area (Å²) in [6, 6.07) is 0. The predicted molar refractivity (Wildman–Crippen MR) is 49.1 cm³/mol. The molecule has 0 saturated heterocycles. The van der Waals surface area contributed by atoms with Crippen LogP contribution < -0.4 is 10.9 Å². The van der Waals surface area contributed by atoms with Gasteiger partial charge in [0.2, 0.25) is 0 Å². The Morgan fingerprint density at radius 3 is 2.64 bits per heavy atom. The van der Waals surface area contributed by atoms with Crippen LogP contribution in [-0.2, 0) is 0 Å². The first kappa shape index (κ1) is 10.2. The standard InChI is InChI=1S/C8H12N4O2/c1-5(2)4-9-10-8(13)7-6(3)11-14-12-7/h4,9H,1-3H3,(H,10,13). The summed E-state index contributed by atoms with van der Waals surface area (Å²) in [4.78, 5) is 11.3. The molecule has 1 aromatic rings. The van der Waals surface area contributed by atoms with Crippen LogP contribution in [0.3, 0.4) is 0 Å². The number of aromatic nitrogens is 2. The van der Waals surface area contributed by atoms with E-state index in [1.807, 2.05) is 13.8 Å². The summed E-state index contributed by atoms with van der Waals surface area (Å²) < 4.78 is 4.39. The number of rotatable bonds is 3. The largest absolute Gasteiger partial charge is 0.306 e. The molecular formula is C8H12N4O2. The minimum atomic E-state index is -0.374. The van der Waals surface area contributed by atoms with Crippen molar-refractivity contribution in [3.63, 3.8) is 0 Å². The van der Waals surface area contributed by atoms with Crippen LogP contribution in [0.5, 0.6) is 0 Å². The molecular weight excluding hydrogens is 184 g/mol. The third kappa shape index (κ3) is 2.58. The summed E-state index contributed by atoms with van der Waals surface area (Å²) in [5.74, 6) is -0.374. The van der Waals surface area contributed by atoms with E-state index in [2.05, 4.69) is 25.8 Å². The van der Waals surface area contributed by atoms with E-state index in [0.717, 1.165) is 5.57 Å². The van der Waals surface area contributed by atoms with Crippen molar-refractivity contribution in [2.24, 2.45) is 0 Å².